The van der Waals surface area contributed by atoms with Crippen molar-refractivity contribution < 1.29 is 19.1 Å². The van der Waals surface area contributed by atoms with E-state index in [2.05, 4.69) is 10.6 Å². The molecule has 0 heterocycles. The van der Waals surface area contributed by atoms with Crippen molar-refractivity contribution in [1.82, 2.24) is 0 Å². The van der Waals surface area contributed by atoms with E-state index in [9.17, 15) is 9.59 Å². The van der Waals surface area contributed by atoms with Crippen molar-refractivity contribution in [1.29, 1.82) is 0 Å². The fourth-order valence-electron chi connectivity index (χ4n) is 2.79. The third-order valence-electron chi connectivity index (χ3n) is 4.46. The van der Waals surface area contributed by atoms with Gasteiger partial charge in [-0.25, -0.2) is 0 Å². The van der Waals surface area contributed by atoms with Gasteiger partial charge in [0.05, 0.1) is 19.5 Å². The number of carbonyl (C=O) groups excluding carboxylic acids is 2. The van der Waals surface area contributed by atoms with Crippen LogP contribution in [0.5, 0.6) is 11.5 Å². The Morgan fingerprint density at radius 2 is 1.45 bits per heavy atom. The van der Waals surface area contributed by atoms with Crippen molar-refractivity contribution in [2.45, 2.75) is 17.1 Å². The zero-order valence-corrected chi connectivity index (χ0v) is 18.4. The van der Waals surface area contributed by atoms with Crippen LogP contribution in [0, 0.1) is 0 Å². The van der Waals surface area contributed by atoms with Crippen LogP contribution in [0.4, 0.5) is 11.4 Å². The molecule has 7 heteroatoms. The van der Waals surface area contributed by atoms with Crippen LogP contribution < -0.4 is 20.1 Å². The topological polar surface area (TPSA) is 76.7 Å². The predicted molar refractivity (Wildman–Crippen MR) is 124 cm³/mol. The van der Waals surface area contributed by atoms with Gasteiger partial charge in [-0.3, -0.25) is 9.59 Å². The van der Waals surface area contributed by atoms with Crippen LogP contribution in [0.3, 0.4) is 0 Å². The summed E-state index contributed by atoms with van der Waals surface area (Å²) in [5, 5.41) is 5.45. The van der Waals surface area contributed by atoms with Crippen molar-refractivity contribution in [3.63, 3.8) is 0 Å². The van der Waals surface area contributed by atoms with E-state index in [1.807, 2.05) is 49.4 Å². The molecule has 0 radical (unpaired) electrons. The Morgan fingerprint density at radius 3 is 2.13 bits per heavy atom. The number of nitrogens with one attached hydrogen (secondary N) is 2. The van der Waals surface area contributed by atoms with E-state index >= 15 is 0 Å². The van der Waals surface area contributed by atoms with Crippen molar-refractivity contribution in [2.24, 2.45) is 0 Å². The number of carbonyl (C=O) groups is 2. The highest BCUT2D eigenvalue weighted by Gasteiger charge is 2.15. The van der Waals surface area contributed by atoms with E-state index < -0.39 is 0 Å². The molecule has 2 N–H and O–H groups in total. The molecular weight excluding hydrogens is 412 g/mol. The van der Waals surface area contributed by atoms with Gasteiger partial charge in [0.1, 0.15) is 11.5 Å². The average molecular weight is 437 g/mol. The Morgan fingerprint density at radius 1 is 0.806 bits per heavy atom. The molecule has 1 unspecified atom stereocenters. The SMILES string of the molecule is COc1cccc(NC(=O)C(C)Sc2ccc(NC(=O)c3cccc(OC)c3)cc2)c1. The molecule has 0 aliphatic carbocycles. The molecule has 0 aliphatic heterocycles. The number of amides is 2. The lowest BCUT2D eigenvalue weighted by molar-refractivity contribution is -0.115. The van der Waals surface area contributed by atoms with Gasteiger partial charge in [-0.2, -0.15) is 0 Å². The maximum Gasteiger partial charge on any atom is 0.255 e. The maximum atomic E-state index is 12.5. The fourth-order valence-corrected chi connectivity index (χ4v) is 3.65. The average Bonchev–Trinajstić information content (AvgIpc) is 2.80. The highest BCUT2D eigenvalue weighted by atomic mass is 32.2. The van der Waals surface area contributed by atoms with Crippen LogP contribution in [0.2, 0.25) is 0 Å². The lowest BCUT2D eigenvalue weighted by Gasteiger charge is -2.13. The summed E-state index contributed by atoms with van der Waals surface area (Å²) in [5.41, 5.74) is 1.87. The van der Waals surface area contributed by atoms with E-state index in [1.54, 1.807) is 44.6 Å². The van der Waals surface area contributed by atoms with Gasteiger partial charge < -0.3 is 20.1 Å². The summed E-state index contributed by atoms with van der Waals surface area (Å²) in [6, 6.07) is 21.6. The summed E-state index contributed by atoms with van der Waals surface area (Å²) >= 11 is 1.44. The van der Waals surface area contributed by atoms with Crippen LogP contribution in [0.25, 0.3) is 0 Å². The van der Waals surface area contributed by atoms with Crippen LogP contribution in [-0.4, -0.2) is 31.3 Å². The van der Waals surface area contributed by atoms with E-state index in [0.29, 0.717) is 28.4 Å². The number of hydrogen-bond donors (Lipinski definition) is 2. The Labute approximate surface area is 186 Å². The third-order valence-corrected chi connectivity index (χ3v) is 5.58. The first kappa shape index (κ1) is 22.2. The highest BCUT2D eigenvalue weighted by molar-refractivity contribution is 8.00. The van der Waals surface area contributed by atoms with Gasteiger partial charge in [0, 0.05) is 27.9 Å². The molecule has 0 saturated carbocycles. The monoisotopic (exact) mass is 436 g/mol. The summed E-state index contributed by atoms with van der Waals surface area (Å²) in [5.74, 6) is 0.990. The molecule has 1 atom stereocenters. The minimum absolute atomic E-state index is 0.103. The Kier molecular flexibility index (Phi) is 7.56. The molecule has 0 aromatic heterocycles. The second-order valence-corrected chi connectivity index (χ2v) is 8.11. The molecule has 0 aliphatic rings. The number of thioether (sulfide) groups is 1. The Hall–Kier alpha value is -3.45. The number of rotatable bonds is 8. The van der Waals surface area contributed by atoms with Gasteiger partial charge in [-0.1, -0.05) is 12.1 Å². The number of ether oxygens (including phenoxy) is 2. The van der Waals surface area contributed by atoms with Crippen LogP contribution in [-0.2, 0) is 4.79 Å². The Balaban J connectivity index is 1.56. The molecule has 3 aromatic rings. The lowest BCUT2D eigenvalue weighted by atomic mass is 10.2. The fraction of sp³-hybridized carbons (Fsp3) is 0.167. The van der Waals surface area contributed by atoms with Gasteiger partial charge in [-0.15, -0.1) is 11.8 Å². The summed E-state index contributed by atoms with van der Waals surface area (Å²) in [7, 11) is 3.15. The molecule has 0 bridgehead atoms. The lowest BCUT2D eigenvalue weighted by Crippen LogP contribution is -2.22. The standard InChI is InChI=1S/C24H24N2O4S/c1-16(23(27)26-19-7-5-9-21(15-19)30-3)31-22-12-10-18(11-13-22)25-24(28)17-6-4-8-20(14-17)29-2/h4-16H,1-3H3,(H,25,28)(H,26,27). The second kappa shape index (κ2) is 10.5. The highest BCUT2D eigenvalue weighted by Crippen LogP contribution is 2.26. The van der Waals surface area contributed by atoms with E-state index in [-0.39, 0.29) is 17.1 Å². The van der Waals surface area contributed by atoms with Gasteiger partial charge in [0.15, 0.2) is 0 Å². The maximum absolute atomic E-state index is 12.5. The molecule has 6 nitrogen and oxygen atoms in total. The molecule has 31 heavy (non-hydrogen) atoms. The zero-order chi connectivity index (χ0) is 22.2. The predicted octanol–water partition coefficient (Wildman–Crippen LogP) is 5.08. The quantitative estimate of drug-likeness (QED) is 0.482. The smallest absolute Gasteiger partial charge is 0.255 e. The van der Waals surface area contributed by atoms with E-state index in [4.69, 9.17) is 9.47 Å². The normalized spacial score (nSPS) is 11.3. The van der Waals surface area contributed by atoms with Gasteiger partial charge in [-0.05, 0) is 61.5 Å². The van der Waals surface area contributed by atoms with Crippen molar-refractivity contribution in [3.05, 3.63) is 78.4 Å². The molecule has 0 spiro atoms. The molecule has 0 saturated heterocycles. The first-order chi connectivity index (χ1) is 15.0. The second-order valence-electron chi connectivity index (χ2n) is 6.69. The molecule has 2 amide bonds. The van der Waals surface area contributed by atoms with Crippen LogP contribution in [0.1, 0.15) is 17.3 Å². The van der Waals surface area contributed by atoms with Crippen molar-refractivity contribution in [2.75, 3.05) is 24.9 Å². The first-order valence-corrected chi connectivity index (χ1v) is 10.5. The number of benzene rings is 3. The molecule has 3 aromatic carbocycles. The largest absolute Gasteiger partial charge is 0.497 e. The number of anilines is 2. The van der Waals surface area contributed by atoms with Crippen molar-refractivity contribution in [3.8, 4) is 11.5 Å². The third kappa shape index (κ3) is 6.26. The van der Waals surface area contributed by atoms with Crippen molar-refractivity contribution >= 4 is 35.0 Å². The summed E-state index contributed by atoms with van der Waals surface area (Å²) < 4.78 is 10.3. The molecule has 3 rings (SSSR count). The molecular formula is C24H24N2O4S. The summed E-state index contributed by atoms with van der Waals surface area (Å²) in [6.07, 6.45) is 0. The number of methoxy groups -OCH3 is 2. The summed E-state index contributed by atoms with van der Waals surface area (Å²) in [4.78, 5) is 25.8. The molecule has 160 valence electrons. The van der Waals surface area contributed by atoms with Gasteiger partial charge in [0.25, 0.3) is 5.91 Å². The van der Waals surface area contributed by atoms with E-state index in [1.165, 1.54) is 11.8 Å². The number of hydrogen-bond acceptors (Lipinski definition) is 5. The van der Waals surface area contributed by atoms with E-state index in [0.717, 1.165) is 4.90 Å². The summed E-state index contributed by atoms with van der Waals surface area (Å²) in [6.45, 7) is 1.85. The minimum Gasteiger partial charge on any atom is -0.497 e. The minimum atomic E-state index is -0.302. The molecule has 0 fully saturated rings. The zero-order valence-electron chi connectivity index (χ0n) is 17.5. The van der Waals surface area contributed by atoms with Gasteiger partial charge >= 0.3 is 0 Å². The van der Waals surface area contributed by atoms with Gasteiger partial charge in [0.2, 0.25) is 5.91 Å². The van der Waals surface area contributed by atoms with Crippen LogP contribution >= 0.6 is 11.8 Å². The Bertz CT molecular complexity index is 1050. The van der Waals surface area contributed by atoms with Crippen LogP contribution in [0.15, 0.2) is 77.7 Å². The first-order valence-electron chi connectivity index (χ1n) is 9.65.